The van der Waals surface area contributed by atoms with Gasteiger partial charge in [-0.1, -0.05) is 25.1 Å². The minimum Gasteiger partial charge on any atom is -0.510 e. The third-order valence-electron chi connectivity index (χ3n) is 5.19. The maximum atomic E-state index is 14.2. The van der Waals surface area contributed by atoms with Crippen LogP contribution in [0.2, 0.25) is 0 Å². The second kappa shape index (κ2) is 7.24. The summed E-state index contributed by atoms with van der Waals surface area (Å²) in [4.78, 5) is 13.1. The van der Waals surface area contributed by atoms with Crippen molar-refractivity contribution in [3.8, 4) is 11.1 Å². The van der Waals surface area contributed by atoms with Crippen LogP contribution < -0.4 is 0 Å². The van der Waals surface area contributed by atoms with Gasteiger partial charge in [-0.05, 0) is 62.9 Å². The van der Waals surface area contributed by atoms with Crippen molar-refractivity contribution in [1.29, 1.82) is 0 Å². The van der Waals surface area contributed by atoms with Crippen LogP contribution in [0, 0.1) is 17.5 Å². The van der Waals surface area contributed by atoms with Gasteiger partial charge in [-0.3, -0.25) is 4.79 Å². The Labute approximate surface area is 172 Å². The zero-order chi connectivity index (χ0) is 21.7. The summed E-state index contributed by atoms with van der Waals surface area (Å²) in [7, 11) is 0. The molecule has 0 radical (unpaired) electrons. The van der Waals surface area contributed by atoms with E-state index in [1.165, 1.54) is 17.8 Å². The molecule has 2 aromatic carbocycles. The number of thioether (sulfide) groups is 1. The molecule has 0 unspecified atom stereocenters. The van der Waals surface area contributed by atoms with Gasteiger partial charge in [-0.2, -0.15) is 0 Å². The fraction of sp³-hybridized carbons (Fsp3) is 0.348. The van der Waals surface area contributed by atoms with Crippen molar-refractivity contribution < 1.29 is 23.1 Å². The normalized spacial score (nSPS) is 18.3. The van der Waals surface area contributed by atoms with Crippen LogP contribution in [0.5, 0.6) is 0 Å². The summed E-state index contributed by atoms with van der Waals surface area (Å²) < 4.78 is 39.8. The van der Waals surface area contributed by atoms with Crippen LogP contribution in [-0.2, 0) is 11.2 Å². The Hall–Kier alpha value is -2.21. The van der Waals surface area contributed by atoms with Gasteiger partial charge < -0.3 is 5.11 Å². The van der Waals surface area contributed by atoms with E-state index in [2.05, 4.69) is 0 Å². The molecule has 3 rings (SSSR count). The van der Waals surface area contributed by atoms with Crippen LogP contribution in [-0.4, -0.2) is 20.4 Å². The van der Waals surface area contributed by atoms with Crippen LogP contribution in [0.1, 0.15) is 45.7 Å². The highest BCUT2D eigenvalue weighted by Crippen LogP contribution is 2.50. The van der Waals surface area contributed by atoms with Gasteiger partial charge in [-0.15, -0.1) is 11.8 Å². The predicted octanol–water partition coefficient (Wildman–Crippen LogP) is 6.48. The quantitative estimate of drug-likeness (QED) is 0.578. The van der Waals surface area contributed by atoms with Crippen molar-refractivity contribution in [1.82, 2.24) is 0 Å². The van der Waals surface area contributed by atoms with E-state index in [0.29, 0.717) is 23.1 Å². The average Bonchev–Trinajstić information content (AvgIpc) is 2.65. The molecular formula is C23H23F3O2S. The van der Waals surface area contributed by atoms with Crippen molar-refractivity contribution in [2.75, 3.05) is 0 Å². The number of aliphatic hydroxyl groups excluding tert-OH is 1. The van der Waals surface area contributed by atoms with E-state index in [-0.39, 0.29) is 22.7 Å². The predicted molar refractivity (Wildman–Crippen MR) is 111 cm³/mol. The number of aliphatic hydroxyl groups is 1. The summed E-state index contributed by atoms with van der Waals surface area (Å²) in [5.74, 6) is -4.19. The highest BCUT2D eigenvalue weighted by atomic mass is 32.2. The highest BCUT2D eigenvalue weighted by molar-refractivity contribution is 8.03. The summed E-state index contributed by atoms with van der Waals surface area (Å²) in [6.07, 6.45) is 0.506. The molecule has 1 aliphatic heterocycles. The molecule has 0 aliphatic carbocycles. The molecule has 2 nitrogen and oxygen atoms in total. The number of allylic oxidation sites excluding steroid dienone is 1. The molecule has 0 bridgehead atoms. The lowest BCUT2D eigenvalue weighted by atomic mass is 9.85. The Kier molecular flexibility index (Phi) is 5.37. The number of aryl methyl sites for hydroxylation is 1. The number of carbonyl (C=O) groups excluding carboxylic acids is 1. The van der Waals surface area contributed by atoms with Gasteiger partial charge in [0.05, 0.1) is 15.1 Å². The van der Waals surface area contributed by atoms with Crippen LogP contribution in [0.15, 0.2) is 36.1 Å². The smallest absolute Gasteiger partial charge is 0.195 e. The van der Waals surface area contributed by atoms with Gasteiger partial charge in [0.1, 0.15) is 5.76 Å². The summed E-state index contributed by atoms with van der Waals surface area (Å²) >= 11 is 1.39. The summed E-state index contributed by atoms with van der Waals surface area (Å²) in [6, 6.07) is 6.92. The molecule has 1 N–H and O–H groups in total. The lowest BCUT2D eigenvalue weighted by Gasteiger charge is -2.39. The van der Waals surface area contributed by atoms with Gasteiger partial charge >= 0.3 is 0 Å². The van der Waals surface area contributed by atoms with E-state index in [1.807, 2.05) is 34.6 Å². The number of Topliss-reactive ketones (excluding diaryl/α,β-unsaturated/α-hetero) is 1. The molecule has 2 aromatic rings. The van der Waals surface area contributed by atoms with E-state index < -0.39 is 26.9 Å². The Morgan fingerprint density at radius 3 is 2.17 bits per heavy atom. The largest absolute Gasteiger partial charge is 0.510 e. The van der Waals surface area contributed by atoms with Crippen molar-refractivity contribution in [3.05, 3.63) is 64.7 Å². The van der Waals surface area contributed by atoms with Gasteiger partial charge in [0, 0.05) is 5.56 Å². The second-order valence-electron chi connectivity index (χ2n) is 8.12. The summed E-state index contributed by atoms with van der Waals surface area (Å²) in [5, 5.41) is 10.9. The minimum absolute atomic E-state index is 0.00767. The molecule has 1 aliphatic rings. The Bertz CT molecular complexity index is 1040. The standard InChI is InChI=1S/C23H23F3O2S/c1-6-12-11-13(15-9-10-16(24)19(26)18(15)25)7-8-14(12)17-20(27)22(2,3)29-23(4,5)21(17)28/h7-11,27H,6H2,1-5H3. The molecule has 0 atom stereocenters. The molecule has 0 saturated heterocycles. The molecular weight excluding hydrogens is 397 g/mol. The molecule has 0 fully saturated rings. The minimum atomic E-state index is -1.52. The van der Waals surface area contributed by atoms with E-state index in [4.69, 9.17) is 0 Å². The first kappa shape index (κ1) is 21.5. The van der Waals surface area contributed by atoms with Crippen LogP contribution >= 0.6 is 11.8 Å². The zero-order valence-electron chi connectivity index (χ0n) is 17.0. The average molecular weight is 420 g/mol. The lowest BCUT2D eigenvalue weighted by molar-refractivity contribution is -0.115. The Balaban J connectivity index is 2.21. The van der Waals surface area contributed by atoms with E-state index in [1.54, 1.807) is 18.2 Å². The fourth-order valence-electron chi connectivity index (χ4n) is 3.74. The van der Waals surface area contributed by atoms with Gasteiger partial charge in [-0.25, -0.2) is 13.2 Å². The number of benzene rings is 2. The first-order chi connectivity index (χ1) is 13.4. The monoisotopic (exact) mass is 420 g/mol. The van der Waals surface area contributed by atoms with Crippen molar-refractivity contribution in [2.24, 2.45) is 0 Å². The Morgan fingerprint density at radius 1 is 0.931 bits per heavy atom. The van der Waals surface area contributed by atoms with Gasteiger partial charge in [0.25, 0.3) is 0 Å². The maximum absolute atomic E-state index is 14.2. The topological polar surface area (TPSA) is 37.3 Å². The fourth-order valence-corrected chi connectivity index (χ4v) is 5.41. The molecule has 6 heteroatoms. The SMILES string of the molecule is CCc1cc(-c2ccc(F)c(F)c2F)ccc1C1=C(O)C(C)(C)SC(C)(C)C1=O. The summed E-state index contributed by atoms with van der Waals surface area (Å²) in [6.45, 7) is 9.24. The first-order valence-corrected chi connectivity index (χ1v) is 10.2. The van der Waals surface area contributed by atoms with Crippen molar-refractivity contribution >= 4 is 23.1 Å². The lowest BCUT2D eigenvalue weighted by Crippen LogP contribution is -2.41. The van der Waals surface area contributed by atoms with E-state index >= 15 is 0 Å². The van der Waals surface area contributed by atoms with Gasteiger partial charge in [0.2, 0.25) is 0 Å². The highest BCUT2D eigenvalue weighted by Gasteiger charge is 2.46. The third-order valence-corrected chi connectivity index (χ3v) is 6.59. The van der Waals surface area contributed by atoms with Gasteiger partial charge in [0.15, 0.2) is 23.2 Å². The summed E-state index contributed by atoms with van der Waals surface area (Å²) in [5.41, 5.74) is 1.85. The molecule has 0 saturated carbocycles. The number of halogens is 3. The molecule has 29 heavy (non-hydrogen) atoms. The molecule has 1 heterocycles. The van der Waals surface area contributed by atoms with Crippen LogP contribution in [0.25, 0.3) is 16.7 Å². The van der Waals surface area contributed by atoms with E-state index in [9.17, 15) is 23.1 Å². The van der Waals surface area contributed by atoms with Crippen molar-refractivity contribution in [3.63, 3.8) is 0 Å². The number of ketones is 1. The zero-order valence-corrected chi connectivity index (χ0v) is 17.8. The van der Waals surface area contributed by atoms with Crippen molar-refractivity contribution in [2.45, 2.75) is 50.5 Å². The number of rotatable bonds is 3. The third kappa shape index (κ3) is 3.59. The first-order valence-electron chi connectivity index (χ1n) is 9.36. The number of carbonyl (C=O) groups is 1. The molecule has 0 spiro atoms. The maximum Gasteiger partial charge on any atom is 0.195 e. The Morgan fingerprint density at radius 2 is 1.55 bits per heavy atom. The molecule has 0 aromatic heterocycles. The molecule has 154 valence electrons. The van der Waals surface area contributed by atoms with Crippen LogP contribution in [0.4, 0.5) is 13.2 Å². The van der Waals surface area contributed by atoms with E-state index in [0.717, 1.165) is 6.07 Å². The number of hydrogen-bond donors (Lipinski definition) is 1. The second-order valence-corrected chi connectivity index (χ2v) is 10.4. The number of hydrogen-bond acceptors (Lipinski definition) is 3. The van der Waals surface area contributed by atoms with Crippen LogP contribution in [0.3, 0.4) is 0 Å². The molecule has 0 amide bonds.